The second-order valence-electron chi connectivity index (χ2n) is 9.09. The quantitative estimate of drug-likeness (QED) is 0.304. The zero-order valence-electron chi connectivity index (χ0n) is 18.6. The lowest BCUT2D eigenvalue weighted by molar-refractivity contribution is -0.141. The summed E-state index contributed by atoms with van der Waals surface area (Å²) in [5, 5.41) is 0. The molecule has 168 valence electrons. The van der Waals surface area contributed by atoms with E-state index in [0.29, 0.717) is 38.8 Å². The molecule has 0 radical (unpaired) electrons. The van der Waals surface area contributed by atoms with Gasteiger partial charge in [-0.25, -0.2) is 9.59 Å². The third-order valence-corrected chi connectivity index (χ3v) is 5.86. The van der Waals surface area contributed by atoms with Crippen LogP contribution in [-0.4, -0.2) is 70.9 Å². The number of carbonyl (C=O) groups is 4. The summed E-state index contributed by atoms with van der Waals surface area (Å²) < 4.78 is 10.1. The highest BCUT2D eigenvalue weighted by atomic mass is 16.5. The van der Waals surface area contributed by atoms with Crippen LogP contribution in [0, 0.1) is 0 Å². The Morgan fingerprint density at radius 1 is 0.800 bits per heavy atom. The fourth-order valence-corrected chi connectivity index (χ4v) is 3.92. The lowest BCUT2D eigenvalue weighted by Gasteiger charge is -2.31. The van der Waals surface area contributed by atoms with E-state index in [9.17, 15) is 19.2 Å². The van der Waals surface area contributed by atoms with Gasteiger partial charge >= 0.3 is 11.9 Å². The van der Waals surface area contributed by atoms with Gasteiger partial charge in [0, 0.05) is 49.2 Å². The first-order valence-electron chi connectivity index (χ1n) is 10.7. The van der Waals surface area contributed by atoms with Gasteiger partial charge in [0.05, 0.1) is 13.2 Å². The molecule has 8 heteroatoms. The van der Waals surface area contributed by atoms with E-state index in [1.165, 1.54) is 0 Å². The van der Waals surface area contributed by atoms with Gasteiger partial charge in [0.2, 0.25) is 11.8 Å². The van der Waals surface area contributed by atoms with Gasteiger partial charge in [0.1, 0.15) is 0 Å². The number of ether oxygens (including phenoxy) is 2. The maximum Gasteiger partial charge on any atom is 0.331 e. The second kappa shape index (κ2) is 10.1. The van der Waals surface area contributed by atoms with E-state index in [4.69, 9.17) is 9.47 Å². The van der Waals surface area contributed by atoms with Crippen molar-refractivity contribution in [3.05, 3.63) is 12.2 Å². The number of amides is 2. The lowest BCUT2D eigenvalue weighted by Crippen LogP contribution is -2.41. The van der Waals surface area contributed by atoms with Crippen LogP contribution in [0.3, 0.4) is 0 Å². The molecule has 0 spiro atoms. The monoisotopic (exact) mass is 422 g/mol. The van der Waals surface area contributed by atoms with Gasteiger partial charge in [-0.05, 0) is 53.4 Å². The van der Waals surface area contributed by atoms with E-state index in [2.05, 4.69) is 0 Å². The van der Waals surface area contributed by atoms with Crippen LogP contribution in [0.2, 0.25) is 0 Å². The SMILES string of the molecule is CC1(C)CCC(=O)N1CCCOC(=O)/C=C/C(=O)OCCCN1C(=O)CCC1(C)C. The summed E-state index contributed by atoms with van der Waals surface area (Å²) in [7, 11) is 0. The van der Waals surface area contributed by atoms with Crippen LogP contribution in [0.4, 0.5) is 0 Å². The summed E-state index contributed by atoms with van der Waals surface area (Å²) in [6, 6.07) is 0. The van der Waals surface area contributed by atoms with Crippen LogP contribution in [0.15, 0.2) is 12.2 Å². The van der Waals surface area contributed by atoms with Crippen molar-refractivity contribution < 1.29 is 28.7 Å². The van der Waals surface area contributed by atoms with Crippen LogP contribution >= 0.6 is 0 Å². The molecular weight excluding hydrogens is 388 g/mol. The maximum absolute atomic E-state index is 11.9. The number of hydrogen-bond acceptors (Lipinski definition) is 6. The topological polar surface area (TPSA) is 93.2 Å². The van der Waals surface area contributed by atoms with Crippen molar-refractivity contribution in [2.24, 2.45) is 0 Å². The molecule has 2 aliphatic rings. The summed E-state index contributed by atoms with van der Waals surface area (Å²) in [6.45, 7) is 9.56. The molecule has 0 aromatic carbocycles. The third kappa shape index (κ3) is 6.57. The van der Waals surface area contributed by atoms with Gasteiger partial charge in [-0.15, -0.1) is 0 Å². The molecule has 2 saturated heterocycles. The fraction of sp³-hybridized carbons (Fsp3) is 0.727. The Hall–Kier alpha value is -2.38. The molecule has 2 amide bonds. The van der Waals surface area contributed by atoms with Crippen molar-refractivity contribution >= 4 is 23.8 Å². The molecule has 0 atom stereocenters. The molecule has 0 aromatic rings. The molecule has 2 heterocycles. The summed E-state index contributed by atoms with van der Waals surface area (Å²) in [6.07, 6.45) is 5.97. The fourth-order valence-electron chi connectivity index (χ4n) is 3.92. The van der Waals surface area contributed by atoms with Gasteiger partial charge in [-0.3, -0.25) is 9.59 Å². The Morgan fingerprint density at radius 3 is 1.47 bits per heavy atom. The van der Waals surface area contributed by atoms with Gasteiger partial charge in [0.15, 0.2) is 0 Å². The van der Waals surface area contributed by atoms with Crippen molar-refractivity contribution in [3.8, 4) is 0 Å². The molecule has 0 saturated carbocycles. The standard InChI is InChI=1S/C22H34N2O6/c1-21(2)11-9-17(25)23(21)13-5-15-29-19(27)7-8-20(28)30-16-6-14-24-18(26)10-12-22(24,3)4/h7-8H,5-6,9-16H2,1-4H3/b8-7+. The van der Waals surface area contributed by atoms with Crippen molar-refractivity contribution in [2.75, 3.05) is 26.3 Å². The Kier molecular flexibility index (Phi) is 8.03. The summed E-state index contributed by atoms with van der Waals surface area (Å²) in [5.74, 6) is -0.981. The first-order chi connectivity index (χ1) is 14.0. The molecule has 0 bridgehead atoms. The number of nitrogens with zero attached hydrogens (tertiary/aromatic N) is 2. The largest absolute Gasteiger partial charge is 0.462 e. The van der Waals surface area contributed by atoms with Crippen LogP contribution in [0.1, 0.15) is 66.2 Å². The Labute approximate surface area is 178 Å². The number of carbonyl (C=O) groups excluding carboxylic acids is 4. The smallest absolute Gasteiger partial charge is 0.331 e. The molecule has 0 aliphatic carbocycles. The molecule has 30 heavy (non-hydrogen) atoms. The summed E-state index contributed by atoms with van der Waals surface area (Å²) >= 11 is 0. The highest BCUT2D eigenvalue weighted by Crippen LogP contribution is 2.30. The van der Waals surface area contributed by atoms with Crippen LogP contribution in [-0.2, 0) is 28.7 Å². The zero-order valence-corrected chi connectivity index (χ0v) is 18.6. The number of rotatable bonds is 10. The Balaban J connectivity index is 1.57. The molecule has 0 N–H and O–H groups in total. The Morgan fingerprint density at radius 2 is 1.17 bits per heavy atom. The lowest BCUT2D eigenvalue weighted by atomic mass is 10.0. The number of likely N-dealkylation sites (tertiary alicyclic amines) is 2. The number of hydrogen-bond donors (Lipinski definition) is 0. The van der Waals surface area contributed by atoms with Gasteiger partial charge in [-0.2, -0.15) is 0 Å². The summed E-state index contributed by atoms with van der Waals surface area (Å²) in [4.78, 5) is 50.8. The predicted molar refractivity (Wildman–Crippen MR) is 110 cm³/mol. The molecule has 2 rings (SSSR count). The zero-order chi connectivity index (χ0) is 22.4. The minimum Gasteiger partial charge on any atom is -0.462 e. The van der Waals surface area contributed by atoms with E-state index in [-0.39, 0.29) is 36.1 Å². The van der Waals surface area contributed by atoms with Gasteiger partial charge in [0.25, 0.3) is 0 Å². The summed E-state index contributed by atoms with van der Waals surface area (Å²) in [5.41, 5.74) is -0.300. The van der Waals surface area contributed by atoms with Crippen LogP contribution in [0.5, 0.6) is 0 Å². The van der Waals surface area contributed by atoms with E-state index in [1.54, 1.807) is 0 Å². The maximum atomic E-state index is 11.9. The molecule has 0 aromatic heterocycles. The highest BCUT2D eigenvalue weighted by Gasteiger charge is 2.37. The van der Waals surface area contributed by atoms with E-state index in [0.717, 1.165) is 25.0 Å². The predicted octanol–water partition coefficient (Wildman–Crippen LogP) is 2.21. The minimum absolute atomic E-state index is 0.131. The van der Waals surface area contributed by atoms with E-state index in [1.807, 2.05) is 37.5 Å². The third-order valence-electron chi connectivity index (χ3n) is 5.86. The van der Waals surface area contributed by atoms with Gasteiger partial charge < -0.3 is 19.3 Å². The molecular formula is C22H34N2O6. The normalized spacial score (nSPS) is 20.3. The molecule has 8 nitrogen and oxygen atoms in total. The molecule has 2 fully saturated rings. The van der Waals surface area contributed by atoms with Crippen molar-refractivity contribution in [1.29, 1.82) is 0 Å². The Bertz CT molecular complexity index is 640. The molecule has 2 aliphatic heterocycles. The second-order valence-corrected chi connectivity index (χ2v) is 9.09. The van der Waals surface area contributed by atoms with E-state index >= 15 is 0 Å². The van der Waals surface area contributed by atoms with Crippen molar-refractivity contribution in [1.82, 2.24) is 9.80 Å². The molecule has 0 unspecified atom stereocenters. The minimum atomic E-state index is -0.622. The van der Waals surface area contributed by atoms with E-state index < -0.39 is 11.9 Å². The van der Waals surface area contributed by atoms with Crippen LogP contribution < -0.4 is 0 Å². The number of esters is 2. The average Bonchev–Trinajstić information content (AvgIpc) is 3.08. The average molecular weight is 423 g/mol. The van der Waals surface area contributed by atoms with Gasteiger partial charge in [-0.1, -0.05) is 0 Å². The first-order valence-corrected chi connectivity index (χ1v) is 10.7. The van der Waals surface area contributed by atoms with Crippen molar-refractivity contribution in [3.63, 3.8) is 0 Å². The van der Waals surface area contributed by atoms with Crippen LogP contribution in [0.25, 0.3) is 0 Å². The van der Waals surface area contributed by atoms with Crippen molar-refractivity contribution in [2.45, 2.75) is 77.3 Å². The first kappa shape index (κ1) is 23.9. The highest BCUT2D eigenvalue weighted by molar-refractivity contribution is 5.91.